The molecule has 1 N–H and O–H groups in total. The van der Waals surface area contributed by atoms with Crippen LogP contribution in [0, 0.1) is 0 Å². The van der Waals surface area contributed by atoms with Crippen molar-refractivity contribution >= 4 is 57.6 Å². The fraction of sp³-hybridized carbons (Fsp3) is 0.267. The van der Waals surface area contributed by atoms with Crippen LogP contribution in [0.3, 0.4) is 0 Å². The molecule has 0 bridgehead atoms. The van der Waals surface area contributed by atoms with Crippen molar-refractivity contribution < 1.29 is 14.3 Å². The molecule has 2 aliphatic heterocycles. The average Bonchev–Trinajstić information content (AvgIpc) is 3.05. The summed E-state index contributed by atoms with van der Waals surface area (Å²) < 4.78 is 5.61. The van der Waals surface area contributed by atoms with Crippen molar-refractivity contribution in [1.29, 1.82) is 0 Å². The predicted octanol–water partition coefficient (Wildman–Crippen LogP) is 2.71. The molecule has 1 fully saturated rings. The lowest BCUT2D eigenvalue weighted by Crippen LogP contribution is -2.43. The summed E-state index contributed by atoms with van der Waals surface area (Å²) in [5.41, 5.74) is 3.47. The maximum Gasteiger partial charge on any atom is 0.287 e. The molecule has 0 atom stereocenters. The van der Waals surface area contributed by atoms with Crippen LogP contribution < -0.4 is 15.1 Å². The normalized spacial score (nSPS) is 19.8. The second-order valence-corrected chi connectivity index (χ2v) is 7.67. The first-order valence-electron chi connectivity index (χ1n) is 7.17. The summed E-state index contributed by atoms with van der Waals surface area (Å²) in [6.07, 6.45) is 0. The number of hydrogen-bond donors (Lipinski definition) is 1. The van der Waals surface area contributed by atoms with Gasteiger partial charge in [0.25, 0.3) is 5.91 Å². The number of hydrazine groups is 1. The third kappa shape index (κ3) is 2.87. The second kappa shape index (κ2) is 6.66. The van der Waals surface area contributed by atoms with Crippen LogP contribution in [0.25, 0.3) is 0 Å². The van der Waals surface area contributed by atoms with E-state index in [0.717, 1.165) is 26.4 Å². The minimum atomic E-state index is -0.336. The average molecular weight is 382 g/mol. The van der Waals surface area contributed by atoms with Gasteiger partial charge in [0.1, 0.15) is 15.7 Å². The first-order chi connectivity index (χ1) is 11.5. The van der Waals surface area contributed by atoms with Crippen molar-refractivity contribution in [3.8, 4) is 5.75 Å². The molecule has 1 aromatic rings. The maximum absolute atomic E-state index is 12.7. The summed E-state index contributed by atoms with van der Waals surface area (Å²) in [7, 11) is 1.62. The molecule has 24 heavy (non-hydrogen) atoms. The number of carbonyl (C=O) groups is 2. The number of nitrogens with zero attached hydrogens (tertiary/aromatic N) is 2. The monoisotopic (exact) mass is 381 g/mol. The van der Waals surface area contributed by atoms with E-state index in [9.17, 15) is 9.59 Å². The molecule has 126 valence electrons. The first kappa shape index (κ1) is 17.1. The lowest BCUT2D eigenvalue weighted by molar-refractivity contribution is -0.132. The number of thioether (sulfide) groups is 2. The molecular weight excluding hydrogens is 366 g/mol. The number of rotatable bonds is 3. The smallest absolute Gasteiger partial charge is 0.287 e. The van der Waals surface area contributed by atoms with Crippen LogP contribution in [-0.2, 0) is 9.59 Å². The number of benzene rings is 1. The van der Waals surface area contributed by atoms with Gasteiger partial charge in [-0.1, -0.05) is 11.8 Å². The summed E-state index contributed by atoms with van der Waals surface area (Å²) in [5.74, 6) is 0.123. The van der Waals surface area contributed by atoms with Crippen molar-refractivity contribution in [2.24, 2.45) is 0 Å². The third-order valence-corrected chi connectivity index (χ3v) is 6.13. The van der Waals surface area contributed by atoms with E-state index in [1.165, 1.54) is 30.4 Å². The molecule has 0 saturated carbocycles. The van der Waals surface area contributed by atoms with Gasteiger partial charge >= 0.3 is 0 Å². The Balaban J connectivity index is 2.00. The van der Waals surface area contributed by atoms with Crippen LogP contribution in [0.5, 0.6) is 5.75 Å². The highest BCUT2D eigenvalue weighted by atomic mass is 32.2. The van der Waals surface area contributed by atoms with Crippen molar-refractivity contribution in [1.82, 2.24) is 10.4 Å². The van der Waals surface area contributed by atoms with Crippen LogP contribution in [0.15, 0.2) is 33.0 Å². The van der Waals surface area contributed by atoms with Crippen molar-refractivity contribution in [2.45, 2.75) is 18.7 Å². The molecule has 3 rings (SSSR count). The van der Waals surface area contributed by atoms with Crippen molar-refractivity contribution in [3.05, 3.63) is 28.1 Å². The van der Waals surface area contributed by atoms with E-state index in [4.69, 9.17) is 17.0 Å². The molecule has 6 nitrogen and oxygen atoms in total. The van der Waals surface area contributed by atoms with E-state index in [1.807, 2.05) is 25.1 Å². The minimum Gasteiger partial charge on any atom is -0.497 e. The predicted molar refractivity (Wildman–Crippen MR) is 99.7 cm³/mol. The van der Waals surface area contributed by atoms with Gasteiger partial charge in [-0.25, -0.2) is 0 Å². The number of methoxy groups -OCH3 is 1. The lowest BCUT2D eigenvalue weighted by atomic mass is 10.2. The van der Waals surface area contributed by atoms with Crippen LogP contribution >= 0.6 is 35.7 Å². The van der Waals surface area contributed by atoms with E-state index in [2.05, 4.69) is 10.3 Å². The molecule has 0 aliphatic carbocycles. The molecule has 0 spiro atoms. The highest BCUT2D eigenvalue weighted by Gasteiger charge is 2.39. The lowest BCUT2D eigenvalue weighted by Gasteiger charge is -2.19. The molecule has 0 radical (unpaired) electrons. The maximum atomic E-state index is 12.7. The quantitative estimate of drug-likeness (QED) is 0.638. The topological polar surface area (TPSA) is 61.9 Å². The van der Waals surface area contributed by atoms with Crippen LogP contribution in [-0.4, -0.2) is 34.8 Å². The molecule has 1 saturated heterocycles. The number of nitrogens with one attached hydrogen (secondary N) is 1. The van der Waals surface area contributed by atoms with E-state index in [1.54, 1.807) is 7.11 Å². The zero-order valence-electron chi connectivity index (χ0n) is 13.3. The van der Waals surface area contributed by atoms with Gasteiger partial charge in [-0.3, -0.25) is 15.0 Å². The van der Waals surface area contributed by atoms with Gasteiger partial charge in [-0.15, -0.1) is 0 Å². The van der Waals surface area contributed by atoms with Gasteiger partial charge in [-0.05, 0) is 43.0 Å². The fourth-order valence-electron chi connectivity index (χ4n) is 2.42. The number of anilines is 1. The first-order valence-corrected chi connectivity index (χ1v) is 9.21. The highest BCUT2D eigenvalue weighted by molar-refractivity contribution is 8.27. The van der Waals surface area contributed by atoms with E-state index < -0.39 is 0 Å². The van der Waals surface area contributed by atoms with E-state index >= 15 is 0 Å². The van der Waals surface area contributed by atoms with Crippen molar-refractivity contribution in [3.63, 3.8) is 0 Å². The number of carbonyl (C=O) groups excluding carboxylic acids is 2. The molecule has 2 aliphatic rings. The molecule has 0 aromatic heterocycles. The molecule has 2 amide bonds. The second-order valence-electron chi connectivity index (χ2n) is 4.99. The van der Waals surface area contributed by atoms with Gasteiger partial charge in [0.05, 0.1) is 12.8 Å². The molecule has 0 unspecified atom stereocenters. The largest absolute Gasteiger partial charge is 0.497 e. The Morgan fingerprint density at radius 2 is 2.12 bits per heavy atom. The SMILES string of the molecule is CCN1/C(=C2/SC(=S)N(NC(C)=O)C2=O)Sc2ccc(OC)cc21. The Morgan fingerprint density at radius 1 is 1.38 bits per heavy atom. The Bertz CT molecular complexity index is 778. The van der Waals surface area contributed by atoms with Crippen LogP contribution in [0.4, 0.5) is 5.69 Å². The van der Waals surface area contributed by atoms with Gasteiger partial charge in [0, 0.05) is 24.4 Å². The van der Waals surface area contributed by atoms with Crippen LogP contribution in [0.2, 0.25) is 0 Å². The Kier molecular flexibility index (Phi) is 4.75. The summed E-state index contributed by atoms with van der Waals surface area (Å²) in [5, 5.41) is 1.95. The zero-order valence-corrected chi connectivity index (χ0v) is 15.7. The van der Waals surface area contributed by atoms with Gasteiger partial charge < -0.3 is 9.64 Å². The summed E-state index contributed by atoms with van der Waals surface area (Å²) in [6.45, 7) is 4.06. The Hall–Kier alpha value is -1.71. The number of ether oxygens (including phenoxy) is 1. The number of fused-ring (bicyclic) bond motifs is 1. The van der Waals surface area contributed by atoms with Crippen molar-refractivity contribution in [2.75, 3.05) is 18.6 Å². The van der Waals surface area contributed by atoms with Gasteiger partial charge in [-0.2, -0.15) is 5.01 Å². The molecule has 2 heterocycles. The van der Waals surface area contributed by atoms with E-state index in [0.29, 0.717) is 15.8 Å². The fourth-order valence-corrected chi connectivity index (χ4v) is 4.96. The van der Waals surface area contributed by atoms with E-state index in [-0.39, 0.29) is 11.8 Å². The number of amides is 2. The molecular formula is C15H15N3O3S3. The molecule has 1 aromatic carbocycles. The highest BCUT2D eigenvalue weighted by Crippen LogP contribution is 2.51. The standard InChI is InChI=1S/C15H15N3O3S3/c1-4-17-10-7-9(21-3)5-6-11(10)23-14(17)12-13(20)18(15(22)24-12)16-8(2)19/h5-7H,4H2,1-3H3,(H,16,19)/b14-12-. The Morgan fingerprint density at radius 3 is 2.75 bits per heavy atom. The number of hydrogen-bond acceptors (Lipinski definition) is 7. The summed E-state index contributed by atoms with van der Waals surface area (Å²) in [6, 6.07) is 5.82. The third-order valence-electron chi connectivity index (χ3n) is 3.46. The van der Waals surface area contributed by atoms with Gasteiger partial charge in [0.2, 0.25) is 5.91 Å². The van der Waals surface area contributed by atoms with Crippen LogP contribution in [0.1, 0.15) is 13.8 Å². The molecule has 9 heteroatoms. The number of thiocarbonyl (C=S) groups is 1. The Labute approximate surface area is 153 Å². The minimum absolute atomic E-state index is 0.305. The summed E-state index contributed by atoms with van der Waals surface area (Å²) in [4.78, 5) is 27.6. The van der Waals surface area contributed by atoms with Gasteiger partial charge in [0.15, 0.2) is 4.32 Å². The summed E-state index contributed by atoms with van der Waals surface area (Å²) >= 11 is 7.94. The zero-order chi connectivity index (χ0) is 17.4.